The Morgan fingerprint density at radius 1 is 0.808 bits per heavy atom. The lowest BCUT2D eigenvalue weighted by molar-refractivity contribution is -0.244. The Morgan fingerprint density at radius 2 is 1.31 bits per heavy atom. The molecular weight excluding hydrogens is 348 g/mol. The van der Waals surface area contributed by atoms with Gasteiger partial charge in [0.2, 0.25) is 0 Å². The molecule has 146 valence electrons. The zero-order valence-electron chi connectivity index (χ0n) is 15.4. The van der Waals surface area contributed by atoms with E-state index in [0.717, 1.165) is 0 Å². The summed E-state index contributed by atoms with van der Waals surface area (Å²) in [4.78, 5) is 45.7. The molecule has 26 heavy (non-hydrogen) atoms. The molecule has 0 amide bonds. The molecule has 0 aliphatic carbocycles. The summed E-state index contributed by atoms with van der Waals surface area (Å²) in [5, 5.41) is 0. The lowest BCUT2D eigenvalue weighted by Crippen LogP contribution is -2.61. The second kappa shape index (κ2) is 9.91. The van der Waals surface area contributed by atoms with Crippen molar-refractivity contribution in [2.75, 3.05) is 6.61 Å². The number of carbonyl (C=O) groups excluding carboxylic acids is 4. The van der Waals surface area contributed by atoms with Crippen molar-refractivity contribution in [3.63, 3.8) is 0 Å². The predicted molar refractivity (Wildman–Crippen MR) is 86.8 cm³/mol. The second-order valence-corrected chi connectivity index (χ2v) is 5.69. The summed E-state index contributed by atoms with van der Waals surface area (Å²) in [6.07, 6.45) is -1.72. The third-order valence-electron chi connectivity index (χ3n) is 3.41. The Balaban J connectivity index is 3.26. The van der Waals surface area contributed by atoms with Gasteiger partial charge in [-0.25, -0.2) is 0 Å². The number of hydrogen-bond donors (Lipinski definition) is 0. The van der Waals surface area contributed by atoms with Crippen LogP contribution in [0.15, 0.2) is 12.2 Å². The third kappa shape index (κ3) is 6.47. The zero-order valence-corrected chi connectivity index (χ0v) is 15.4. The summed E-state index contributed by atoms with van der Waals surface area (Å²) in [5.41, 5.74) is 0. The maximum atomic E-state index is 11.6. The first kappa shape index (κ1) is 21.6. The number of hydrogen-bond acceptors (Lipinski definition) is 9. The van der Waals surface area contributed by atoms with Crippen molar-refractivity contribution in [3.05, 3.63) is 12.2 Å². The fourth-order valence-corrected chi connectivity index (χ4v) is 2.61. The largest absolute Gasteiger partial charge is 0.463 e. The number of ether oxygens (including phenoxy) is 5. The topological polar surface area (TPSA) is 114 Å². The molecule has 0 aromatic rings. The molecule has 9 heteroatoms. The number of carbonyl (C=O) groups is 4. The van der Waals surface area contributed by atoms with Crippen LogP contribution in [0.2, 0.25) is 0 Å². The van der Waals surface area contributed by atoms with E-state index in [0.29, 0.717) is 0 Å². The molecule has 1 saturated heterocycles. The van der Waals surface area contributed by atoms with Gasteiger partial charge in [0.25, 0.3) is 0 Å². The maximum Gasteiger partial charge on any atom is 0.303 e. The van der Waals surface area contributed by atoms with E-state index in [1.165, 1.54) is 27.7 Å². The van der Waals surface area contributed by atoms with Gasteiger partial charge in [0.1, 0.15) is 18.8 Å². The quantitative estimate of drug-likeness (QED) is 0.377. The van der Waals surface area contributed by atoms with Crippen LogP contribution in [0.5, 0.6) is 0 Å². The lowest BCUT2D eigenvalue weighted by atomic mass is 9.94. The van der Waals surface area contributed by atoms with Crippen molar-refractivity contribution in [2.24, 2.45) is 0 Å². The van der Waals surface area contributed by atoms with Crippen LogP contribution in [-0.4, -0.2) is 61.0 Å². The van der Waals surface area contributed by atoms with Crippen molar-refractivity contribution < 1.29 is 42.9 Å². The van der Waals surface area contributed by atoms with Crippen molar-refractivity contribution >= 4 is 23.9 Å². The van der Waals surface area contributed by atoms with Gasteiger partial charge < -0.3 is 23.7 Å². The Hall–Kier alpha value is -2.42. The molecule has 0 aromatic heterocycles. The average molecular weight is 372 g/mol. The molecule has 0 radical (unpaired) electrons. The van der Waals surface area contributed by atoms with Crippen LogP contribution in [0.3, 0.4) is 0 Å². The van der Waals surface area contributed by atoms with Gasteiger partial charge in [0, 0.05) is 27.7 Å². The van der Waals surface area contributed by atoms with Crippen molar-refractivity contribution in [1.29, 1.82) is 0 Å². The molecule has 1 aliphatic rings. The minimum absolute atomic E-state index is 0.230. The van der Waals surface area contributed by atoms with Crippen LogP contribution in [0.4, 0.5) is 0 Å². The van der Waals surface area contributed by atoms with E-state index >= 15 is 0 Å². The monoisotopic (exact) mass is 372 g/mol. The SMILES string of the molecule is C/C=C\[C@@H]1O[C@H](COC(C)=O)[C@H](OC(C)=O)[C@H](OC(C)=O)[C@H]1OC(C)=O. The summed E-state index contributed by atoms with van der Waals surface area (Å²) in [7, 11) is 0. The molecule has 0 N–H and O–H groups in total. The molecule has 0 saturated carbocycles. The molecule has 1 heterocycles. The van der Waals surface area contributed by atoms with Crippen LogP contribution < -0.4 is 0 Å². The van der Waals surface area contributed by atoms with Crippen molar-refractivity contribution in [3.8, 4) is 0 Å². The third-order valence-corrected chi connectivity index (χ3v) is 3.41. The summed E-state index contributed by atoms with van der Waals surface area (Å²) in [6.45, 7) is 6.27. The lowest BCUT2D eigenvalue weighted by Gasteiger charge is -2.43. The summed E-state index contributed by atoms with van der Waals surface area (Å²) in [6, 6.07) is 0. The molecule has 5 atom stereocenters. The molecule has 9 nitrogen and oxygen atoms in total. The van der Waals surface area contributed by atoms with Crippen LogP contribution in [0.25, 0.3) is 0 Å². The molecule has 1 aliphatic heterocycles. The highest BCUT2D eigenvalue weighted by molar-refractivity contribution is 5.68. The number of allylic oxidation sites excluding steroid dienone is 1. The minimum Gasteiger partial charge on any atom is -0.463 e. The number of esters is 4. The van der Waals surface area contributed by atoms with Gasteiger partial charge in [-0.2, -0.15) is 0 Å². The second-order valence-electron chi connectivity index (χ2n) is 5.69. The Morgan fingerprint density at radius 3 is 1.77 bits per heavy atom. The summed E-state index contributed by atoms with van der Waals surface area (Å²) < 4.78 is 26.6. The van der Waals surface area contributed by atoms with Crippen molar-refractivity contribution in [2.45, 2.75) is 65.1 Å². The van der Waals surface area contributed by atoms with E-state index in [4.69, 9.17) is 23.7 Å². The van der Waals surface area contributed by atoms with Gasteiger partial charge in [0.05, 0.1) is 0 Å². The average Bonchev–Trinajstić information content (AvgIpc) is 2.50. The standard InChI is InChI=1S/C17H24O9/c1-6-7-13-15(23-10(3)19)17(25-12(5)21)16(24-11(4)20)14(26-13)8-22-9(2)18/h6-7,13-17H,8H2,1-5H3/b7-6-/t13-,14+,15-,16-,17+/m0/s1. The van der Waals surface area contributed by atoms with Crippen LogP contribution in [-0.2, 0) is 42.9 Å². The van der Waals surface area contributed by atoms with Gasteiger partial charge >= 0.3 is 23.9 Å². The number of rotatable bonds is 6. The van der Waals surface area contributed by atoms with E-state index in [-0.39, 0.29) is 6.61 Å². The molecule has 0 spiro atoms. The van der Waals surface area contributed by atoms with Gasteiger partial charge in [0.15, 0.2) is 18.3 Å². The highest BCUT2D eigenvalue weighted by Crippen LogP contribution is 2.29. The van der Waals surface area contributed by atoms with Gasteiger partial charge in [-0.15, -0.1) is 0 Å². The molecule has 0 aromatic carbocycles. The van der Waals surface area contributed by atoms with Crippen LogP contribution in [0.1, 0.15) is 34.6 Å². The first-order valence-corrected chi connectivity index (χ1v) is 8.09. The van der Waals surface area contributed by atoms with E-state index in [1.54, 1.807) is 19.1 Å². The van der Waals surface area contributed by atoms with Gasteiger partial charge in [-0.1, -0.05) is 12.2 Å². The normalized spacial score (nSPS) is 28.3. The summed E-state index contributed by atoms with van der Waals surface area (Å²) in [5.74, 6) is -2.49. The zero-order chi connectivity index (χ0) is 19.9. The van der Waals surface area contributed by atoms with Gasteiger partial charge in [-0.3, -0.25) is 19.2 Å². The van der Waals surface area contributed by atoms with Crippen LogP contribution >= 0.6 is 0 Å². The predicted octanol–water partition coefficient (Wildman–Crippen LogP) is 0.688. The molecule has 0 unspecified atom stereocenters. The van der Waals surface area contributed by atoms with Gasteiger partial charge in [-0.05, 0) is 6.92 Å². The highest BCUT2D eigenvalue weighted by atomic mass is 16.7. The molecule has 1 fully saturated rings. The van der Waals surface area contributed by atoms with E-state index < -0.39 is 54.4 Å². The highest BCUT2D eigenvalue weighted by Gasteiger charge is 2.51. The Kier molecular flexibility index (Phi) is 8.24. The first-order valence-electron chi connectivity index (χ1n) is 8.09. The van der Waals surface area contributed by atoms with E-state index in [2.05, 4.69) is 0 Å². The Bertz CT molecular complexity index is 569. The Labute approximate surface area is 151 Å². The van der Waals surface area contributed by atoms with E-state index in [9.17, 15) is 19.2 Å². The van der Waals surface area contributed by atoms with E-state index in [1.807, 2.05) is 0 Å². The maximum absolute atomic E-state index is 11.6. The van der Waals surface area contributed by atoms with Crippen LogP contribution in [0, 0.1) is 0 Å². The fourth-order valence-electron chi connectivity index (χ4n) is 2.61. The first-order chi connectivity index (χ1) is 12.1. The minimum atomic E-state index is -1.13. The molecule has 1 rings (SSSR count). The smallest absolute Gasteiger partial charge is 0.303 e. The molecule has 0 bridgehead atoms. The van der Waals surface area contributed by atoms with Crippen molar-refractivity contribution in [1.82, 2.24) is 0 Å². The summed E-state index contributed by atoms with van der Waals surface area (Å²) >= 11 is 0. The molecular formula is C17H24O9. The fraction of sp³-hybridized carbons (Fsp3) is 0.647.